The van der Waals surface area contributed by atoms with Crippen molar-refractivity contribution < 1.29 is 29.3 Å². The molecule has 0 aliphatic heterocycles. The summed E-state index contributed by atoms with van der Waals surface area (Å²) in [5, 5.41) is 17.9. The van der Waals surface area contributed by atoms with Crippen LogP contribution in [0.3, 0.4) is 0 Å². The van der Waals surface area contributed by atoms with Crippen molar-refractivity contribution in [2.45, 2.75) is 65.4 Å². The summed E-state index contributed by atoms with van der Waals surface area (Å²) < 4.78 is 9.99. The number of amides is 1. The number of methoxy groups -OCH3 is 1. The molecule has 2 aromatic rings. The quantitative estimate of drug-likeness (QED) is 0.378. The molecule has 0 fully saturated rings. The SMILES string of the molecule is CCCCCC(CC)OC(=O)CC.COc1ccnc(C(N)=O)c1O.Oc1ccccc1. The van der Waals surface area contributed by atoms with E-state index in [-0.39, 0.29) is 29.3 Å². The van der Waals surface area contributed by atoms with Gasteiger partial charge in [-0.15, -0.1) is 0 Å². The standard InChI is InChI=1S/C11H22O2.C7H8N2O3.C6H6O/c1-4-7-8-9-10(5-2)13-11(12)6-3;1-12-4-2-3-9-5(6(4)10)7(8)11;7-6-4-2-1-3-5-6/h10H,4-9H2,1-3H3;2-3,10H,1H3,(H2,8,11);1-5,7H. The molecular formula is C24H36N2O6. The number of carbonyl (C=O) groups is 2. The second-order valence-electron chi connectivity index (χ2n) is 6.78. The zero-order valence-electron chi connectivity index (χ0n) is 19.4. The van der Waals surface area contributed by atoms with E-state index in [4.69, 9.17) is 20.3 Å². The smallest absolute Gasteiger partial charge is 0.305 e. The van der Waals surface area contributed by atoms with Crippen molar-refractivity contribution in [1.29, 1.82) is 0 Å². The summed E-state index contributed by atoms with van der Waals surface area (Å²) in [5.41, 5.74) is 4.74. The molecule has 1 atom stereocenters. The maximum absolute atomic E-state index is 11.0. The summed E-state index contributed by atoms with van der Waals surface area (Å²) in [6, 6.07) is 10.1. The van der Waals surface area contributed by atoms with Crippen molar-refractivity contribution in [2.24, 2.45) is 5.73 Å². The van der Waals surface area contributed by atoms with Crippen molar-refractivity contribution in [3.8, 4) is 17.2 Å². The summed E-state index contributed by atoms with van der Waals surface area (Å²) in [7, 11) is 1.37. The lowest BCUT2D eigenvalue weighted by atomic mass is 10.1. The second-order valence-corrected chi connectivity index (χ2v) is 6.78. The largest absolute Gasteiger partial charge is 0.508 e. The first-order valence-electron chi connectivity index (χ1n) is 10.8. The Bertz CT molecular complexity index is 783. The Morgan fingerprint density at radius 3 is 2.16 bits per heavy atom. The number of aromatic nitrogens is 1. The minimum Gasteiger partial charge on any atom is -0.508 e. The number of unbranched alkanes of at least 4 members (excludes halogenated alkanes) is 2. The number of ether oxygens (including phenoxy) is 2. The molecular weight excluding hydrogens is 412 g/mol. The number of rotatable bonds is 9. The Morgan fingerprint density at radius 2 is 1.72 bits per heavy atom. The van der Waals surface area contributed by atoms with Crippen LogP contribution in [0, 0.1) is 0 Å². The van der Waals surface area contributed by atoms with Gasteiger partial charge in [0.2, 0.25) is 0 Å². The fourth-order valence-corrected chi connectivity index (χ4v) is 2.45. The molecule has 0 saturated carbocycles. The molecule has 0 radical (unpaired) electrons. The van der Waals surface area contributed by atoms with Crippen molar-refractivity contribution in [3.63, 3.8) is 0 Å². The second kappa shape index (κ2) is 17.4. The third kappa shape index (κ3) is 12.4. The molecule has 0 bridgehead atoms. The van der Waals surface area contributed by atoms with Crippen LogP contribution in [0.4, 0.5) is 0 Å². The molecule has 8 heteroatoms. The number of hydrogen-bond donors (Lipinski definition) is 3. The Labute approximate surface area is 190 Å². The number of aromatic hydroxyl groups is 2. The van der Waals surface area contributed by atoms with Gasteiger partial charge in [0, 0.05) is 18.7 Å². The lowest BCUT2D eigenvalue weighted by Crippen LogP contribution is -2.16. The molecule has 0 aliphatic carbocycles. The predicted molar refractivity (Wildman–Crippen MR) is 124 cm³/mol. The monoisotopic (exact) mass is 448 g/mol. The van der Waals surface area contributed by atoms with E-state index >= 15 is 0 Å². The van der Waals surface area contributed by atoms with Crippen molar-refractivity contribution in [1.82, 2.24) is 4.98 Å². The molecule has 1 aromatic carbocycles. The van der Waals surface area contributed by atoms with E-state index in [1.54, 1.807) is 24.3 Å². The van der Waals surface area contributed by atoms with Crippen LogP contribution >= 0.6 is 0 Å². The van der Waals surface area contributed by atoms with E-state index in [9.17, 15) is 14.7 Å². The number of benzene rings is 1. The minimum absolute atomic E-state index is 0.0663. The molecule has 1 amide bonds. The third-order valence-corrected chi connectivity index (χ3v) is 4.27. The Kier molecular flexibility index (Phi) is 15.6. The average molecular weight is 449 g/mol. The molecule has 0 saturated heterocycles. The summed E-state index contributed by atoms with van der Waals surface area (Å²) in [6.45, 7) is 6.08. The topological polar surface area (TPSA) is 132 Å². The van der Waals surface area contributed by atoms with Crippen LogP contribution < -0.4 is 10.5 Å². The van der Waals surface area contributed by atoms with E-state index in [2.05, 4.69) is 18.8 Å². The highest BCUT2D eigenvalue weighted by Gasteiger charge is 2.13. The van der Waals surface area contributed by atoms with Crippen LogP contribution in [0.15, 0.2) is 42.6 Å². The number of esters is 1. The molecule has 178 valence electrons. The average Bonchev–Trinajstić information content (AvgIpc) is 2.79. The van der Waals surface area contributed by atoms with Gasteiger partial charge >= 0.3 is 5.97 Å². The number of hydrogen-bond acceptors (Lipinski definition) is 7. The molecule has 32 heavy (non-hydrogen) atoms. The number of para-hydroxylation sites is 1. The molecule has 1 aromatic heterocycles. The lowest BCUT2D eigenvalue weighted by molar-refractivity contribution is -0.149. The highest BCUT2D eigenvalue weighted by molar-refractivity contribution is 5.94. The zero-order valence-corrected chi connectivity index (χ0v) is 19.4. The van der Waals surface area contributed by atoms with Crippen LogP contribution in [-0.2, 0) is 9.53 Å². The molecule has 2 rings (SSSR count). The van der Waals surface area contributed by atoms with Crippen LogP contribution in [-0.4, -0.2) is 40.3 Å². The first kappa shape index (κ1) is 28.7. The number of carbonyl (C=O) groups excluding carboxylic acids is 2. The van der Waals surface area contributed by atoms with Crippen molar-refractivity contribution >= 4 is 11.9 Å². The number of pyridine rings is 1. The Balaban J connectivity index is 0.000000469. The van der Waals surface area contributed by atoms with Crippen molar-refractivity contribution in [3.05, 3.63) is 48.3 Å². The maximum Gasteiger partial charge on any atom is 0.305 e. The van der Waals surface area contributed by atoms with Gasteiger partial charge in [-0.2, -0.15) is 0 Å². The highest BCUT2D eigenvalue weighted by atomic mass is 16.5. The first-order chi connectivity index (χ1) is 15.3. The van der Waals surface area contributed by atoms with Crippen LogP contribution in [0.2, 0.25) is 0 Å². The van der Waals surface area contributed by atoms with Gasteiger partial charge in [0.15, 0.2) is 17.2 Å². The summed E-state index contributed by atoms with van der Waals surface area (Å²) >= 11 is 0. The fraction of sp³-hybridized carbons (Fsp3) is 0.458. The lowest BCUT2D eigenvalue weighted by Gasteiger charge is -2.15. The van der Waals surface area contributed by atoms with Crippen molar-refractivity contribution in [2.75, 3.05) is 7.11 Å². The van der Waals surface area contributed by atoms with Gasteiger partial charge in [-0.05, 0) is 31.4 Å². The van der Waals surface area contributed by atoms with Gasteiger partial charge in [-0.1, -0.05) is 51.8 Å². The Morgan fingerprint density at radius 1 is 1.06 bits per heavy atom. The minimum atomic E-state index is -0.786. The van der Waals surface area contributed by atoms with E-state index in [1.165, 1.54) is 38.6 Å². The zero-order chi connectivity index (χ0) is 24.4. The van der Waals surface area contributed by atoms with E-state index in [0.717, 1.165) is 12.8 Å². The van der Waals surface area contributed by atoms with Gasteiger partial charge < -0.3 is 25.4 Å². The molecule has 0 aliphatic rings. The molecule has 1 heterocycles. The van der Waals surface area contributed by atoms with E-state index in [0.29, 0.717) is 12.2 Å². The van der Waals surface area contributed by atoms with Crippen LogP contribution in [0.5, 0.6) is 17.2 Å². The molecule has 8 nitrogen and oxygen atoms in total. The van der Waals surface area contributed by atoms with E-state index < -0.39 is 5.91 Å². The van der Waals surface area contributed by atoms with Gasteiger partial charge in [0.05, 0.1) is 7.11 Å². The number of nitrogens with two attached hydrogens (primary N) is 1. The fourth-order valence-electron chi connectivity index (χ4n) is 2.45. The molecule has 0 spiro atoms. The third-order valence-electron chi connectivity index (χ3n) is 4.27. The first-order valence-corrected chi connectivity index (χ1v) is 10.8. The maximum atomic E-state index is 11.0. The van der Waals surface area contributed by atoms with E-state index in [1.807, 2.05) is 13.0 Å². The van der Waals surface area contributed by atoms with Crippen LogP contribution in [0.25, 0.3) is 0 Å². The number of nitrogens with zero attached hydrogens (tertiary/aromatic N) is 1. The summed E-state index contributed by atoms with van der Waals surface area (Å²) in [6.07, 6.45) is 7.57. The van der Waals surface area contributed by atoms with Crippen LogP contribution in [0.1, 0.15) is 69.8 Å². The Hall–Kier alpha value is -3.29. The summed E-state index contributed by atoms with van der Waals surface area (Å²) in [5.74, 6) is -0.677. The summed E-state index contributed by atoms with van der Waals surface area (Å²) in [4.78, 5) is 25.2. The number of phenols is 1. The number of phenolic OH excluding ortho intramolecular Hbond substituents is 1. The van der Waals surface area contributed by atoms with Gasteiger partial charge in [-0.25, -0.2) is 4.98 Å². The highest BCUT2D eigenvalue weighted by Crippen LogP contribution is 2.26. The van der Waals surface area contributed by atoms with Gasteiger partial charge in [0.1, 0.15) is 11.9 Å². The van der Waals surface area contributed by atoms with Gasteiger partial charge in [0.25, 0.3) is 5.91 Å². The predicted octanol–water partition coefficient (Wildman–Crippen LogP) is 4.59. The molecule has 1 unspecified atom stereocenters. The number of primary amides is 1. The van der Waals surface area contributed by atoms with Gasteiger partial charge in [-0.3, -0.25) is 9.59 Å². The molecule has 4 N–H and O–H groups in total. The normalized spacial score (nSPS) is 10.5.